The van der Waals surface area contributed by atoms with Crippen molar-refractivity contribution in [2.45, 2.75) is 317 Å². The molecule has 0 heterocycles. The van der Waals surface area contributed by atoms with Gasteiger partial charge in [-0.25, -0.2) is 5.01 Å². The van der Waals surface area contributed by atoms with Gasteiger partial charge in [0.2, 0.25) is 0 Å². The van der Waals surface area contributed by atoms with E-state index in [0.717, 1.165) is 18.3 Å². The van der Waals surface area contributed by atoms with Crippen LogP contribution in [0.25, 0.3) is 0 Å². The number of hydrazine groups is 1. The molecule has 0 rings (SSSR count). The third-order valence-corrected chi connectivity index (χ3v) is 14.3. The van der Waals surface area contributed by atoms with Crippen LogP contribution in [-0.2, 0) is 0 Å². The maximum absolute atomic E-state index is 4.70. The van der Waals surface area contributed by atoms with Gasteiger partial charge in [0.25, 0.3) is 0 Å². The summed E-state index contributed by atoms with van der Waals surface area (Å²) in [5.74, 6) is 1.57. The Hall–Kier alpha value is -1.02. The normalized spacial score (nSPS) is 13.2. The zero-order chi connectivity index (χ0) is 45.0. The van der Waals surface area contributed by atoms with Crippen LogP contribution in [0.15, 0.2) is 36.6 Å². The van der Waals surface area contributed by atoms with Gasteiger partial charge in [-0.3, -0.25) is 0 Å². The van der Waals surface area contributed by atoms with Crippen LogP contribution in [0.1, 0.15) is 311 Å². The largest absolute Gasteiger partial charge is 0.308 e. The summed E-state index contributed by atoms with van der Waals surface area (Å²) in [6.45, 7) is 25.5. The van der Waals surface area contributed by atoms with Gasteiger partial charge in [-0.15, -0.1) is 0 Å². The Balaban J connectivity index is 4.70. The summed E-state index contributed by atoms with van der Waals surface area (Å²) in [7, 11) is 4.53. The van der Waals surface area contributed by atoms with Gasteiger partial charge in [-0.2, -0.15) is 0 Å². The second-order valence-electron chi connectivity index (χ2n) is 20.4. The molecule has 0 aliphatic carbocycles. The van der Waals surface area contributed by atoms with Crippen LogP contribution in [0.2, 0.25) is 0 Å². The highest BCUT2D eigenvalue weighted by Crippen LogP contribution is 2.30. The lowest BCUT2D eigenvalue weighted by molar-refractivity contribution is 0.00662. The lowest BCUT2D eigenvalue weighted by atomic mass is 9.86. The fourth-order valence-electron chi connectivity index (χ4n) is 10.1. The number of nitrogens with zero attached hydrogens (tertiary/aromatic N) is 2. The maximum Gasteiger partial charge on any atom is 0.0453 e. The topological polar surface area (TPSA) is 6.48 Å². The van der Waals surface area contributed by atoms with E-state index in [0.29, 0.717) is 6.04 Å². The quantitative estimate of drug-likeness (QED) is 0.0342. The molecule has 2 unspecified atom stereocenters. The molecule has 0 amide bonds. The molecule has 2 nitrogen and oxygen atoms in total. The van der Waals surface area contributed by atoms with Crippen molar-refractivity contribution in [1.82, 2.24) is 10.0 Å². The van der Waals surface area contributed by atoms with E-state index in [4.69, 9.17) is 6.58 Å². The second-order valence-corrected chi connectivity index (χ2v) is 20.4. The van der Waals surface area contributed by atoms with E-state index in [1.54, 1.807) is 11.1 Å². The molecule has 0 saturated heterocycles. The van der Waals surface area contributed by atoms with Gasteiger partial charge in [-0.1, -0.05) is 265 Å². The fraction of sp³-hybridized carbons (Fsp3) is 0.898. The number of rotatable bonds is 50. The molecule has 0 fully saturated rings. The minimum Gasteiger partial charge on any atom is -0.308 e. The van der Waals surface area contributed by atoms with E-state index in [2.05, 4.69) is 71.9 Å². The van der Waals surface area contributed by atoms with Crippen molar-refractivity contribution in [2.75, 3.05) is 14.1 Å². The lowest BCUT2D eigenvalue weighted by Crippen LogP contribution is -2.44. The minimum absolute atomic E-state index is 0.601. The summed E-state index contributed by atoms with van der Waals surface area (Å²) in [6, 6.07) is 0.601. The zero-order valence-corrected chi connectivity index (χ0v) is 43.7. The van der Waals surface area contributed by atoms with Crippen LogP contribution in [0.5, 0.6) is 0 Å². The Kier molecular flexibility index (Phi) is 44.8. The number of allylic oxidation sites excluding steroid dienone is 3. The smallest absolute Gasteiger partial charge is 0.0453 e. The SMILES string of the molecule is C=C(CCCCCCCCCCC(CCCCCCCCCCC(=C)C(CCCC)CCCCCC)N(C(=C)CCCCCCCC)N(C)C)C(CCCC)CCCCCC. The summed E-state index contributed by atoms with van der Waals surface area (Å²) in [6.07, 6.45) is 58.7. The van der Waals surface area contributed by atoms with Crippen LogP contribution in [0.4, 0.5) is 0 Å². The number of unbranched alkanes of at least 4 members (excludes halogenated alkanes) is 27. The lowest BCUT2D eigenvalue weighted by Gasteiger charge is -2.40. The molecule has 0 N–H and O–H groups in total. The Morgan fingerprint density at radius 1 is 0.311 bits per heavy atom. The van der Waals surface area contributed by atoms with Crippen LogP contribution < -0.4 is 0 Å². The average Bonchev–Trinajstić information content (AvgIpc) is 3.25. The Morgan fingerprint density at radius 2 is 0.574 bits per heavy atom. The first kappa shape index (κ1) is 60.0. The molecule has 2 atom stereocenters. The van der Waals surface area contributed by atoms with Crippen molar-refractivity contribution >= 4 is 0 Å². The van der Waals surface area contributed by atoms with Crippen LogP contribution >= 0.6 is 0 Å². The highest BCUT2D eigenvalue weighted by Gasteiger charge is 2.21. The molecule has 362 valence electrons. The third kappa shape index (κ3) is 36.0. The van der Waals surface area contributed by atoms with Gasteiger partial charge in [0.05, 0.1) is 0 Å². The zero-order valence-electron chi connectivity index (χ0n) is 43.7. The van der Waals surface area contributed by atoms with Gasteiger partial charge >= 0.3 is 0 Å². The number of hydrogen-bond acceptors (Lipinski definition) is 2. The maximum atomic E-state index is 4.70. The van der Waals surface area contributed by atoms with Crippen molar-refractivity contribution in [3.8, 4) is 0 Å². The Bertz CT molecular complexity index is 892. The second kappa shape index (κ2) is 45.5. The molecule has 0 bridgehead atoms. The van der Waals surface area contributed by atoms with Gasteiger partial charge < -0.3 is 5.01 Å². The highest BCUT2D eigenvalue weighted by atomic mass is 15.6. The molecule has 0 saturated carbocycles. The van der Waals surface area contributed by atoms with E-state index >= 15 is 0 Å². The minimum atomic E-state index is 0.601. The average molecular weight is 854 g/mol. The van der Waals surface area contributed by atoms with Crippen LogP contribution in [0, 0.1) is 11.8 Å². The highest BCUT2D eigenvalue weighted by molar-refractivity contribution is 5.01. The Morgan fingerprint density at radius 3 is 0.918 bits per heavy atom. The summed E-state index contributed by atoms with van der Waals surface area (Å²) in [5.41, 5.74) is 4.50. The van der Waals surface area contributed by atoms with E-state index in [-0.39, 0.29) is 0 Å². The van der Waals surface area contributed by atoms with Crippen molar-refractivity contribution < 1.29 is 0 Å². The first-order chi connectivity index (χ1) is 29.8. The van der Waals surface area contributed by atoms with Crippen molar-refractivity contribution in [1.29, 1.82) is 0 Å². The first-order valence-corrected chi connectivity index (χ1v) is 28.3. The summed E-state index contributed by atoms with van der Waals surface area (Å²) >= 11 is 0. The molecule has 61 heavy (non-hydrogen) atoms. The van der Waals surface area contributed by atoms with Crippen molar-refractivity contribution in [3.63, 3.8) is 0 Å². The van der Waals surface area contributed by atoms with Crippen molar-refractivity contribution in [3.05, 3.63) is 36.6 Å². The van der Waals surface area contributed by atoms with E-state index < -0.39 is 0 Å². The molecule has 0 aliphatic heterocycles. The monoisotopic (exact) mass is 853 g/mol. The van der Waals surface area contributed by atoms with Gasteiger partial charge in [0.1, 0.15) is 0 Å². The van der Waals surface area contributed by atoms with E-state index in [9.17, 15) is 0 Å². The van der Waals surface area contributed by atoms with E-state index in [1.807, 2.05) is 0 Å². The van der Waals surface area contributed by atoms with Crippen LogP contribution in [0.3, 0.4) is 0 Å². The molecule has 0 aromatic heterocycles. The van der Waals surface area contributed by atoms with Gasteiger partial charge in [0, 0.05) is 25.8 Å². The Labute approximate surface area is 387 Å². The van der Waals surface area contributed by atoms with Crippen LogP contribution in [-0.4, -0.2) is 30.2 Å². The fourth-order valence-corrected chi connectivity index (χ4v) is 10.1. The molecular formula is C59H116N2. The molecule has 2 heteroatoms. The first-order valence-electron chi connectivity index (χ1n) is 28.3. The molecule has 0 aliphatic rings. The van der Waals surface area contributed by atoms with Gasteiger partial charge in [0.15, 0.2) is 0 Å². The molecule has 0 aromatic rings. The molecule has 0 spiro atoms. The molecule has 0 radical (unpaired) electrons. The van der Waals surface area contributed by atoms with Crippen molar-refractivity contribution in [2.24, 2.45) is 11.8 Å². The molecular weight excluding hydrogens is 737 g/mol. The molecule has 0 aromatic carbocycles. The third-order valence-electron chi connectivity index (χ3n) is 14.3. The predicted octanol–water partition coefficient (Wildman–Crippen LogP) is 20.9. The standard InChI is InChI=1S/C59H116N2/c1-11-16-21-24-35-40-47-56(8)61(60(9)10)59(52-43-36-31-27-25-29-33-38-45-54(6)57(48-19-14-4)50-41-22-17-12-2)53-44-37-32-28-26-30-34-39-46-55(7)58(49-20-15-5)51-42-23-18-13-3/h57-59H,6-8,11-53H2,1-5,9-10H3. The van der Waals surface area contributed by atoms with Gasteiger partial charge in [-0.05, 0) is 88.9 Å². The summed E-state index contributed by atoms with van der Waals surface area (Å²) < 4.78 is 0. The number of hydrogen-bond donors (Lipinski definition) is 0. The van der Waals surface area contributed by atoms with E-state index in [1.165, 1.54) is 275 Å². The summed E-state index contributed by atoms with van der Waals surface area (Å²) in [5, 5.41) is 5.01. The predicted molar refractivity (Wildman–Crippen MR) is 281 cm³/mol. The summed E-state index contributed by atoms with van der Waals surface area (Å²) in [4.78, 5) is 0.